The summed E-state index contributed by atoms with van der Waals surface area (Å²) < 4.78 is 94.4. The molecule has 0 spiro atoms. The molecular weight excluding hydrogens is 607 g/mol. The van der Waals surface area contributed by atoms with Crippen LogP contribution in [0.5, 0.6) is 11.5 Å². The summed E-state index contributed by atoms with van der Waals surface area (Å²) >= 11 is 0. The lowest BCUT2D eigenvalue weighted by Crippen LogP contribution is -2.17. The molecule has 4 aromatic rings. The predicted molar refractivity (Wildman–Crippen MR) is 155 cm³/mol. The molecular formula is C30H29F3O8P2. The average Bonchev–Trinajstić information content (AvgIpc) is 2.96. The summed E-state index contributed by atoms with van der Waals surface area (Å²) in [5.74, 6) is 0.185. The van der Waals surface area contributed by atoms with Crippen LogP contribution in [0.25, 0.3) is 0 Å². The van der Waals surface area contributed by atoms with Crippen molar-refractivity contribution in [3.05, 3.63) is 124 Å². The first-order valence-corrected chi connectivity index (χ1v) is 16.4. The van der Waals surface area contributed by atoms with Gasteiger partial charge >= 0.3 is 21.4 Å². The molecule has 0 bridgehead atoms. The highest BCUT2D eigenvalue weighted by Gasteiger charge is 2.33. The van der Waals surface area contributed by atoms with Crippen LogP contribution in [0.3, 0.4) is 0 Å². The third-order valence-corrected chi connectivity index (χ3v) is 9.82. The summed E-state index contributed by atoms with van der Waals surface area (Å²) in [6.45, 7) is 3.07. The minimum atomic E-state index is -4.50. The molecule has 1 aromatic heterocycles. The van der Waals surface area contributed by atoms with Gasteiger partial charge in [0.15, 0.2) is 0 Å². The number of para-hydroxylation sites is 1. The van der Waals surface area contributed by atoms with Crippen LogP contribution in [0.15, 0.2) is 100 Å². The lowest BCUT2D eigenvalue weighted by molar-refractivity contribution is -0.137. The van der Waals surface area contributed by atoms with Crippen molar-refractivity contribution in [3.8, 4) is 11.5 Å². The highest BCUT2D eigenvalue weighted by atomic mass is 31.2. The maximum Gasteiger partial charge on any atom is 0.416 e. The largest absolute Gasteiger partial charge is 0.465 e. The van der Waals surface area contributed by atoms with Gasteiger partial charge < -0.3 is 13.5 Å². The Balaban J connectivity index is 1.52. The topological polar surface area (TPSA) is 101 Å². The maximum absolute atomic E-state index is 13.8. The smallest absolute Gasteiger partial charge is 0.416 e. The Morgan fingerprint density at radius 2 is 1.56 bits per heavy atom. The predicted octanol–water partition coefficient (Wildman–Crippen LogP) is 7.93. The normalized spacial score (nSPS) is 14.4. The SMILES string of the molecule is CCOP(=O)(Oc1c(C)occc1=O)c1cccc(CCOP(=O)(Cc2ccc(C(F)(F)F)cc2)Oc2ccccc2)c1. The van der Waals surface area contributed by atoms with Crippen LogP contribution in [0.4, 0.5) is 13.2 Å². The fourth-order valence-electron chi connectivity index (χ4n) is 4.01. The van der Waals surface area contributed by atoms with Crippen molar-refractivity contribution in [2.75, 3.05) is 13.2 Å². The number of hydrogen-bond acceptors (Lipinski definition) is 8. The van der Waals surface area contributed by atoms with Gasteiger partial charge in [-0.15, -0.1) is 0 Å². The molecule has 2 atom stereocenters. The minimum Gasteiger partial charge on any atom is -0.465 e. The van der Waals surface area contributed by atoms with E-state index in [1.54, 1.807) is 55.5 Å². The number of alkyl halides is 3. The Kier molecular flexibility index (Phi) is 10.4. The van der Waals surface area contributed by atoms with E-state index in [1.807, 2.05) is 0 Å². The summed E-state index contributed by atoms with van der Waals surface area (Å²) in [5, 5.41) is 0.183. The van der Waals surface area contributed by atoms with Crippen LogP contribution < -0.4 is 19.8 Å². The molecule has 0 amide bonds. The van der Waals surface area contributed by atoms with Crippen molar-refractivity contribution in [2.24, 2.45) is 0 Å². The summed E-state index contributed by atoms with van der Waals surface area (Å²) in [7, 11) is -7.91. The van der Waals surface area contributed by atoms with E-state index in [0.717, 1.165) is 18.2 Å². The Morgan fingerprint density at radius 1 is 0.837 bits per heavy atom. The van der Waals surface area contributed by atoms with E-state index in [-0.39, 0.29) is 48.4 Å². The van der Waals surface area contributed by atoms with Crippen molar-refractivity contribution < 1.29 is 44.8 Å². The second-order valence-electron chi connectivity index (χ2n) is 9.30. The summed E-state index contributed by atoms with van der Waals surface area (Å²) in [4.78, 5) is 12.3. The molecule has 0 aliphatic carbocycles. The number of halogens is 3. The van der Waals surface area contributed by atoms with Crippen LogP contribution in [0.1, 0.15) is 29.4 Å². The molecule has 0 saturated carbocycles. The third kappa shape index (κ3) is 8.71. The van der Waals surface area contributed by atoms with Crippen molar-refractivity contribution in [1.29, 1.82) is 0 Å². The van der Waals surface area contributed by atoms with E-state index >= 15 is 0 Å². The van der Waals surface area contributed by atoms with Crippen molar-refractivity contribution in [1.82, 2.24) is 0 Å². The molecule has 3 aromatic carbocycles. The van der Waals surface area contributed by atoms with E-state index in [2.05, 4.69) is 0 Å². The highest BCUT2D eigenvalue weighted by Crippen LogP contribution is 2.52. The second-order valence-corrected chi connectivity index (χ2v) is 13.2. The number of aryl methyl sites for hydroxylation is 1. The molecule has 8 nitrogen and oxygen atoms in total. The fraction of sp³-hybridized carbons (Fsp3) is 0.233. The quantitative estimate of drug-likeness (QED) is 0.136. The van der Waals surface area contributed by atoms with E-state index in [9.17, 15) is 27.1 Å². The molecule has 0 aliphatic heterocycles. The van der Waals surface area contributed by atoms with Crippen LogP contribution in [0.2, 0.25) is 0 Å². The van der Waals surface area contributed by atoms with Gasteiger partial charge in [0.1, 0.15) is 11.5 Å². The second kappa shape index (κ2) is 13.8. The van der Waals surface area contributed by atoms with Gasteiger partial charge in [-0.1, -0.05) is 42.5 Å². The number of hydrogen-bond donors (Lipinski definition) is 0. The number of rotatable bonds is 13. The monoisotopic (exact) mass is 636 g/mol. The molecule has 0 N–H and O–H groups in total. The molecule has 43 heavy (non-hydrogen) atoms. The molecule has 13 heteroatoms. The first-order valence-electron chi connectivity index (χ1n) is 13.2. The molecule has 0 fully saturated rings. The van der Waals surface area contributed by atoms with Crippen molar-refractivity contribution in [3.63, 3.8) is 0 Å². The number of benzene rings is 3. The first kappa shape index (κ1) is 32.3. The van der Waals surface area contributed by atoms with Gasteiger partial charge in [-0.05, 0) is 67.8 Å². The zero-order valence-corrected chi connectivity index (χ0v) is 25.1. The molecule has 2 unspecified atom stereocenters. The van der Waals surface area contributed by atoms with Crippen molar-refractivity contribution >= 4 is 20.5 Å². The van der Waals surface area contributed by atoms with Gasteiger partial charge in [0.25, 0.3) is 0 Å². The summed E-state index contributed by atoms with van der Waals surface area (Å²) in [5.41, 5.74) is -0.383. The average molecular weight is 636 g/mol. The van der Waals surface area contributed by atoms with Gasteiger partial charge in [0.05, 0.1) is 36.5 Å². The van der Waals surface area contributed by atoms with Crippen LogP contribution >= 0.6 is 15.2 Å². The highest BCUT2D eigenvalue weighted by molar-refractivity contribution is 7.62. The van der Waals surface area contributed by atoms with Gasteiger partial charge in [-0.2, -0.15) is 13.2 Å². The van der Waals surface area contributed by atoms with Gasteiger partial charge in [-0.3, -0.25) is 13.8 Å². The Morgan fingerprint density at radius 3 is 2.21 bits per heavy atom. The first-order chi connectivity index (χ1) is 20.4. The molecule has 228 valence electrons. The van der Waals surface area contributed by atoms with Gasteiger partial charge in [0, 0.05) is 6.07 Å². The van der Waals surface area contributed by atoms with Gasteiger partial charge in [0.2, 0.25) is 11.2 Å². The van der Waals surface area contributed by atoms with Crippen LogP contribution in [-0.2, 0) is 36.9 Å². The zero-order chi connectivity index (χ0) is 31.1. The van der Waals surface area contributed by atoms with E-state index in [4.69, 9.17) is 22.5 Å². The molecule has 1 heterocycles. The molecule has 0 saturated heterocycles. The Labute approximate surface area is 246 Å². The maximum atomic E-state index is 13.8. The Bertz CT molecular complexity index is 1670. The summed E-state index contributed by atoms with van der Waals surface area (Å²) in [6.07, 6.45) is -3.37. The lowest BCUT2D eigenvalue weighted by Gasteiger charge is -2.21. The molecule has 4 rings (SSSR count). The lowest BCUT2D eigenvalue weighted by atomic mass is 10.1. The molecule has 0 radical (unpaired) electrons. The van der Waals surface area contributed by atoms with Crippen molar-refractivity contribution in [2.45, 2.75) is 32.6 Å². The standard InChI is InChI=1S/C30H29F3O8P2/c1-3-38-43(36,41-29-22(2)37-18-17-28(29)34)27-11-7-8-23(20-27)16-19-39-42(35,40-26-9-5-4-6-10-26)21-24-12-14-25(15-13-24)30(31,32)33/h4-15,17-18,20H,3,16,19,21H2,1-2H3. The fourth-order valence-corrected chi connectivity index (χ4v) is 7.38. The third-order valence-electron chi connectivity index (χ3n) is 6.07. The van der Waals surface area contributed by atoms with Crippen LogP contribution in [0, 0.1) is 6.92 Å². The van der Waals surface area contributed by atoms with Gasteiger partial charge in [-0.25, -0.2) is 9.13 Å². The van der Waals surface area contributed by atoms with E-state index in [0.29, 0.717) is 11.1 Å². The van der Waals surface area contributed by atoms with E-state index in [1.165, 1.54) is 31.4 Å². The minimum absolute atomic E-state index is 0.0335. The molecule has 0 aliphatic rings. The zero-order valence-electron chi connectivity index (χ0n) is 23.3. The summed E-state index contributed by atoms with van der Waals surface area (Å²) in [6, 6.07) is 20.2. The Hall–Kier alpha value is -3.62. The van der Waals surface area contributed by atoms with Crippen LogP contribution in [-0.4, -0.2) is 13.2 Å². The van der Waals surface area contributed by atoms with E-state index < -0.39 is 32.4 Å².